The van der Waals surface area contributed by atoms with Gasteiger partial charge in [-0.3, -0.25) is 14.4 Å². The number of carbonyl (C=O) groups excluding carboxylic acids is 1. The fraction of sp³-hybridized carbons (Fsp3) is 0.200. The molecule has 0 fully saturated rings. The minimum Gasteiger partial charge on any atom is -0.480 e. The highest BCUT2D eigenvalue weighted by atomic mass is 16.4. The van der Waals surface area contributed by atoms with Gasteiger partial charge in [0.05, 0.1) is 11.1 Å². The quantitative estimate of drug-likeness (QED) is 0.631. The van der Waals surface area contributed by atoms with E-state index in [-0.39, 0.29) is 22.4 Å². The summed E-state index contributed by atoms with van der Waals surface area (Å²) in [5, 5.41) is 18.7. The number of aromatic carboxylic acids is 1. The zero-order chi connectivity index (χ0) is 20.6. The number of pyridine rings is 1. The Morgan fingerprint density at radius 1 is 1.04 bits per heavy atom. The van der Waals surface area contributed by atoms with E-state index in [1.54, 1.807) is 44.2 Å². The predicted octanol–water partition coefficient (Wildman–Crippen LogP) is 2.15. The van der Waals surface area contributed by atoms with E-state index in [0.717, 1.165) is 0 Å². The van der Waals surface area contributed by atoms with Crippen LogP contribution in [0.3, 0.4) is 0 Å². The molecule has 2 heterocycles. The van der Waals surface area contributed by atoms with E-state index >= 15 is 0 Å². The van der Waals surface area contributed by atoms with Crippen molar-refractivity contribution in [2.24, 2.45) is 0 Å². The minimum atomic E-state index is -1.41. The van der Waals surface area contributed by atoms with E-state index in [1.807, 2.05) is 0 Å². The molecule has 8 nitrogen and oxygen atoms in total. The third-order valence-corrected chi connectivity index (χ3v) is 4.66. The number of hydrogen-bond acceptors (Lipinski definition) is 4. The van der Waals surface area contributed by atoms with Crippen LogP contribution in [0.5, 0.6) is 0 Å². The molecule has 0 saturated heterocycles. The largest absolute Gasteiger partial charge is 0.480 e. The van der Waals surface area contributed by atoms with Gasteiger partial charge in [0, 0.05) is 24.0 Å². The van der Waals surface area contributed by atoms with Gasteiger partial charge in [-0.1, -0.05) is 30.3 Å². The number of aromatic nitrogens is 2. The first-order valence-electron chi connectivity index (χ1n) is 8.59. The number of rotatable bonds is 6. The summed E-state index contributed by atoms with van der Waals surface area (Å²) >= 11 is 0. The first kappa shape index (κ1) is 19.1. The molecule has 0 spiro atoms. The molecule has 0 amide bonds. The van der Waals surface area contributed by atoms with Crippen LogP contribution in [-0.2, 0) is 17.9 Å². The van der Waals surface area contributed by atoms with E-state index in [2.05, 4.69) is 0 Å². The van der Waals surface area contributed by atoms with Crippen LogP contribution in [0.4, 0.5) is 0 Å². The van der Waals surface area contributed by atoms with Crippen LogP contribution in [0.15, 0.2) is 41.3 Å². The molecule has 0 saturated carbocycles. The molecule has 8 heteroatoms. The van der Waals surface area contributed by atoms with Gasteiger partial charge < -0.3 is 19.3 Å². The Labute approximate surface area is 159 Å². The number of carbonyl (C=O) groups is 3. The van der Waals surface area contributed by atoms with Crippen LogP contribution in [0.1, 0.15) is 38.9 Å². The van der Waals surface area contributed by atoms with Crippen molar-refractivity contribution in [1.29, 1.82) is 0 Å². The van der Waals surface area contributed by atoms with Crippen molar-refractivity contribution in [3.63, 3.8) is 0 Å². The fourth-order valence-corrected chi connectivity index (χ4v) is 3.38. The maximum atomic E-state index is 13.2. The van der Waals surface area contributed by atoms with Gasteiger partial charge in [-0.25, -0.2) is 4.79 Å². The second-order valence-corrected chi connectivity index (χ2v) is 6.30. The molecule has 0 aliphatic heterocycles. The Bertz CT molecular complexity index is 1170. The van der Waals surface area contributed by atoms with Gasteiger partial charge in [0.15, 0.2) is 5.78 Å². The Balaban J connectivity index is 2.48. The van der Waals surface area contributed by atoms with Gasteiger partial charge >= 0.3 is 11.9 Å². The third kappa shape index (κ3) is 2.98. The van der Waals surface area contributed by atoms with Crippen LogP contribution in [0, 0.1) is 6.92 Å². The lowest BCUT2D eigenvalue weighted by Gasteiger charge is -2.10. The van der Waals surface area contributed by atoms with Crippen LogP contribution >= 0.6 is 0 Å². The van der Waals surface area contributed by atoms with E-state index in [0.29, 0.717) is 17.8 Å². The average molecular weight is 382 g/mol. The second kappa shape index (κ2) is 7.15. The smallest absolute Gasteiger partial charge is 0.341 e. The van der Waals surface area contributed by atoms with Gasteiger partial charge in [0.25, 0.3) is 0 Å². The van der Waals surface area contributed by atoms with Crippen molar-refractivity contribution in [3.8, 4) is 0 Å². The summed E-state index contributed by atoms with van der Waals surface area (Å²) in [5.74, 6) is -2.98. The average Bonchev–Trinajstić information content (AvgIpc) is 2.94. The summed E-state index contributed by atoms with van der Waals surface area (Å²) in [6.45, 7) is 3.03. The molecule has 28 heavy (non-hydrogen) atoms. The number of ketones is 1. The predicted molar refractivity (Wildman–Crippen MR) is 101 cm³/mol. The summed E-state index contributed by atoms with van der Waals surface area (Å²) < 4.78 is 2.70. The normalized spacial score (nSPS) is 10.9. The highest BCUT2D eigenvalue weighted by Gasteiger charge is 2.28. The molecule has 0 atom stereocenters. The number of aryl methyl sites for hydroxylation is 1. The molecule has 2 N–H and O–H groups in total. The Morgan fingerprint density at radius 3 is 2.21 bits per heavy atom. The van der Waals surface area contributed by atoms with E-state index in [4.69, 9.17) is 0 Å². The van der Waals surface area contributed by atoms with Gasteiger partial charge in [-0.15, -0.1) is 0 Å². The number of benzene rings is 1. The van der Waals surface area contributed by atoms with E-state index in [9.17, 15) is 29.4 Å². The van der Waals surface area contributed by atoms with Crippen molar-refractivity contribution in [3.05, 3.63) is 69.1 Å². The van der Waals surface area contributed by atoms with Gasteiger partial charge in [0.2, 0.25) is 5.43 Å². The first-order valence-corrected chi connectivity index (χ1v) is 8.59. The number of carboxylic acid groups (broad SMARTS) is 2. The van der Waals surface area contributed by atoms with Crippen molar-refractivity contribution in [1.82, 2.24) is 9.13 Å². The summed E-state index contributed by atoms with van der Waals surface area (Å²) in [4.78, 5) is 48.9. The lowest BCUT2D eigenvalue weighted by Crippen LogP contribution is -2.22. The maximum absolute atomic E-state index is 13.2. The first-order chi connectivity index (χ1) is 13.3. The highest BCUT2D eigenvalue weighted by molar-refractivity contribution is 6.17. The fourth-order valence-electron chi connectivity index (χ4n) is 3.38. The molecule has 0 aliphatic carbocycles. The van der Waals surface area contributed by atoms with Crippen molar-refractivity contribution < 1.29 is 24.6 Å². The Hall–Kier alpha value is -3.68. The molecule has 3 rings (SSSR count). The Kier molecular flexibility index (Phi) is 4.87. The zero-order valence-electron chi connectivity index (χ0n) is 15.3. The van der Waals surface area contributed by atoms with E-state index < -0.39 is 29.5 Å². The monoisotopic (exact) mass is 382 g/mol. The number of hydrogen-bond donors (Lipinski definition) is 2. The summed E-state index contributed by atoms with van der Waals surface area (Å²) in [7, 11) is 0. The molecule has 0 radical (unpaired) electrons. The SMILES string of the molecule is CCn1cc(C(=O)O)c(=O)c2c1c(C(=O)c1ccccc1)c(C)n2CC(=O)O. The van der Waals surface area contributed by atoms with Crippen molar-refractivity contribution in [2.45, 2.75) is 26.9 Å². The number of aliphatic carboxylic acids is 1. The van der Waals surface area contributed by atoms with Gasteiger partial charge in [-0.2, -0.15) is 0 Å². The lowest BCUT2D eigenvalue weighted by molar-refractivity contribution is -0.137. The van der Waals surface area contributed by atoms with E-state index in [1.165, 1.54) is 15.3 Å². The molecular weight excluding hydrogens is 364 g/mol. The molecule has 0 aliphatic rings. The molecule has 2 aromatic heterocycles. The standard InChI is InChI=1S/C20H18N2O6/c1-3-21-9-13(20(27)28)19(26)17-16(21)15(11(2)22(17)10-14(23)24)18(25)12-7-5-4-6-8-12/h4-9H,3,10H2,1-2H3,(H,23,24)(H,27,28). The molecule has 144 valence electrons. The molecule has 1 aromatic carbocycles. The summed E-state index contributed by atoms with van der Waals surface area (Å²) in [6, 6.07) is 8.42. The van der Waals surface area contributed by atoms with Crippen LogP contribution in [0.2, 0.25) is 0 Å². The second-order valence-electron chi connectivity index (χ2n) is 6.30. The van der Waals surface area contributed by atoms with Crippen LogP contribution in [0.25, 0.3) is 11.0 Å². The number of fused-ring (bicyclic) bond motifs is 1. The summed E-state index contributed by atoms with van der Waals surface area (Å²) in [6.07, 6.45) is 1.19. The number of nitrogens with zero attached hydrogens (tertiary/aromatic N) is 2. The van der Waals surface area contributed by atoms with Gasteiger partial charge in [0.1, 0.15) is 17.6 Å². The molecule has 0 unspecified atom stereocenters. The van der Waals surface area contributed by atoms with Gasteiger partial charge in [-0.05, 0) is 13.8 Å². The van der Waals surface area contributed by atoms with Crippen LogP contribution in [-0.4, -0.2) is 37.1 Å². The summed E-state index contributed by atoms with van der Waals surface area (Å²) in [5.41, 5.74) is -0.268. The third-order valence-electron chi connectivity index (χ3n) is 4.66. The number of carboxylic acids is 2. The molecular formula is C20H18N2O6. The molecule has 3 aromatic rings. The van der Waals surface area contributed by atoms with Crippen molar-refractivity contribution in [2.75, 3.05) is 0 Å². The highest BCUT2D eigenvalue weighted by Crippen LogP contribution is 2.27. The Morgan fingerprint density at radius 2 is 1.68 bits per heavy atom. The minimum absolute atomic E-state index is 0.0964. The topological polar surface area (TPSA) is 119 Å². The maximum Gasteiger partial charge on any atom is 0.341 e. The zero-order valence-corrected chi connectivity index (χ0v) is 15.3. The van der Waals surface area contributed by atoms with Crippen LogP contribution < -0.4 is 5.43 Å². The lowest BCUT2D eigenvalue weighted by atomic mass is 10.0. The molecule has 0 bridgehead atoms. The van der Waals surface area contributed by atoms with Crippen molar-refractivity contribution >= 4 is 28.8 Å².